The number of halogens is 1. The maximum Gasteiger partial charge on any atom is 0.251 e. The molecule has 4 aromatic carbocycles. The van der Waals surface area contributed by atoms with Gasteiger partial charge in [0.1, 0.15) is 17.8 Å². The molecule has 1 amide bonds. The van der Waals surface area contributed by atoms with Crippen molar-refractivity contribution in [3.63, 3.8) is 0 Å². The molecule has 5 rings (SSSR count). The van der Waals surface area contributed by atoms with E-state index in [0.29, 0.717) is 23.2 Å². The van der Waals surface area contributed by atoms with Gasteiger partial charge in [-0.15, -0.1) is 0 Å². The Balaban J connectivity index is 1.42. The highest BCUT2D eigenvalue weighted by Crippen LogP contribution is 2.45. The summed E-state index contributed by atoms with van der Waals surface area (Å²) >= 11 is 0. The van der Waals surface area contributed by atoms with Crippen molar-refractivity contribution in [2.24, 2.45) is 5.73 Å². The van der Waals surface area contributed by atoms with Crippen molar-refractivity contribution in [2.75, 3.05) is 7.11 Å². The van der Waals surface area contributed by atoms with Crippen LogP contribution in [0.5, 0.6) is 0 Å². The van der Waals surface area contributed by atoms with Gasteiger partial charge >= 0.3 is 0 Å². The Morgan fingerprint density at radius 2 is 1.57 bits per heavy atom. The molecule has 1 aliphatic carbocycles. The van der Waals surface area contributed by atoms with Crippen LogP contribution in [0.25, 0.3) is 11.1 Å². The number of nitrogens with one attached hydrogen (secondary N) is 2. The smallest absolute Gasteiger partial charge is 0.251 e. The van der Waals surface area contributed by atoms with Crippen LogP contribution in [0.2, 0.25) is 0 Å². The van der Waals surface area contributed by atoms with E-state index in [1.807, 2.05) is 54.6 Å². The highest BCUT2D eigenvalue weighted by atomic mass is 19.1. The van der Waals surface area contributed by atoms with E-state index >= 15 is 0 Å². The van der Waals surface area contributed by atoms with Crippen molar-refractivity contribution < 1.29 is 13.9 Å². The van der Waals surface area contributed by atoms with Gasteiger partial charge in [0.25, 0.3) is 5.91 Å². The molecule has 0 radical (unpaired) electrons. The van der Waals surface area contributed by atoms with Crippen LogP contribution >= 0.6 is 0 Å². The Morgan fingerprint density at radius 1 is 0.919 bits per heavy atom. The fourth-order valence-electron chi connectivity index (χ4n) is 5.06. The average molecular weight is 494 g/mol. The van der Waals surface area contributed by atoms with Crippen LogP contribution in [0.15, 0.2) is 84.9 Å². The molecule has 0 saturated heterocycles. The molecule has 5 nitrogen and oxygen atoms in total. The topological polar surface area (TPSA) is 88.2 Å². The van der Waals surface area contributed by atoms with Gasteiger partial charge in [0.05, 0.1) is 0 Å². The van der Waals surface area contributed by atoms with E-state index in [1.54, 1.807) is 31.4 Å². The molecule has 2 atom stereocenters. The number of hydrogen-bond acceptors (Lipinski definition) is 3. The molecule has 0 aromatic heterocycles. The Bertz CT molecular complexity index is 1500. The molecule has 0 fully saturated rings. The number of amides is 1. The largest absolute Gasteiger partial charge is 0.384 e. The lowest BCUT2D eigenvalue weighted by Gasteiger charge is -2.32. The number of amidine groups is 1. The van der Waals surface area contributed by atoms with Gasteiger partial charge in [0.15, 0.2) is 0 Å². The van der Waals surface area contributed by atoms with Crippen molar-refractivity contribution in [1.82, 2.24) is 5.32 Å². The number of hydrogen-bond donors (Lipinski definition) is 3. The number of fused-ring (bicyclic) bond motifs is 2. The minimum absolute atomic E-state index is 0.00463. The summed E-state index contributed by atoms with van der Waals surface area (Å²) in [6.07, 6.45) is -0.271. The van der Waals surface area contributed by atoms with Gasteiger partial charge < -0.3 is 15.8 Å². The van der Waals surface area contributed by atoms with E-state index in [0.717, 1.165) is 33.4 Å². The number of ether oxygens (including phenoxy) is 1. The molecule has 1 aliphatic rings. The molecule has 4 N–H and O–H groups in total. The molecule has 0 unspecified atom stereocenters. The minimum atomic E-state index is -0.271. The third-order valence-electron chi connectivity index (χ3n) is 7.07. The summed E-state index contributed by atoms with van der Waals surface area (Å²) in [6, 6.07) is 25.7. The number of rotatable bonds is 6. The van der Waals surface area contributed by atoms with Crippen LogP contribution in [0.1, 0.15) is 62.7 Å². The molecular weight excluding hydrogens is 465 g/mol. The van der Waals surface area contributed by atoms with Gasteiger partial charge in [0.2, 0.25) is 0 Å². The Labute approximate surface area is 215 Å². The van der Waals surface area contributed by atoms with Crippen LogP contribution in [0.3, 0.4) is 0 Å². The van der Waals surface area contributed by atoms with Crippen LogP contribution < -0.4 is 11.1 Å². The summed E-state index contributed by atoms with van der Waals surface area (Å²) in [5.74, 6) is -0.430. The quantitative estimate of drug-likeness (QED) is 0.231. The lowest BCUT2D eigenvalue weighted by atomic mass is 9.76. The zero-order valence-electron chi connectivity index (χ0n) is 20.7. The summed E-state index contributed by atoms with van der Waals surface area (Å²) < 4.78 is 20.4. The maximum atomic E-state index is 14.5. The van der Waals surface area contributed by atoms with Crippen LogP contribution in [-0.2, 0) is 11.3 Å². The minimum Gasteiger partial charge on any atom is -0.384 e. The zero-order chi connectivity index (χ0) is 26.1. The summed E-state index contributed by atoms with van der Waals surface area (Å²) in [7, 11) is 1.68. The molecule has 0 bridgehead atoms. The van der Waals surface area contributed by atoms with Gasteiger partial charge in [0, 0.05) is 36.3 Å². The van der Waals surface area contributed by atoms with Crippen molar-refractivity contribution in [2.45, 2.75) is 25.5 Å². The number of carbonyl (C=O) groups is 1. The fraction of sp³-hybridized carbons (Fsp3) is 0.161. The maximum absolute atomic E-state index is 14.5. The van der Waals surface area contributed by atoms with Gasteiger partial charge in [-0.25, -0.2) is 4.39 Å². The molecule has 0 spiro atoms. The first-order valence-electron chi connectivity index (χ1n) is 12.1. The number of methoxy groups -OCH3 is 1. The number of carbonyl (C=O) groups excluding carboxylic acids is 1. The number of benzene rings is 4. The van der Waals surface area contributed by atoms with Crippen LogP contribution in [-0.4, -0.2) is 18.9 Å². The second kappa shape index (κ2) is 9.99. The average Bonchev–Trinajstić information content (AvgIpc) is 2.92. The lowest BCUT2D eigenvalue weighted by Crippen LogP contribution is -2.24. The molecule has 0 heterocycles. The van der Waals surface area contributed by atoms with E-state index in [-0.39, 0.29) is 29.6 Å². The Hall–Kier alpha value is -4.29. The van der Waals surface area contributed by atoms with E-state index in [4.69, 9.17) is 15.9 Å². The Morgan fingerprint density at radius 3 is 2.24 bits per heavy atom. The van der Waals surface area contributed by atoms with Crippen LogP contribution in [0, 0.1) is 11.2 Å². The van der Waals surface area contributed by atoms with Gasteiger partial charge in [-0.05, 0) is 51.6 Å². The monoisotopic (exact) mass is 493 g/mol. The van der Waals surface area contributed by atoms with E-state index in [2.05, 4.69) is 12.2 Å². The van der Waals surface area contributed by atoms with E-state index in [1.165, 1.54) is 6.07 Å². The first-order chi connectivity index (χ1) is 17.9. The van der Waals surface area contributed by atoms with Gasteiger partial charge in [-0.1, -0.05) is 73.7 Å². The first-order valence-corrected chi connectivity index (χ1v) is 12.1. The molecular formula is C31H28FN3O2. The standard InChI is InChI=1S/C31H28FN3O2/c1-18-26-15-21(23-5-3-4-6-28(23)32)11-13-24(26)29(37-2)25-14-12-22(16-27(18)25)31(36)35-17-19-7-9-20(10-8-19)30(33)34/h3-16,18,29H,17H2,1-2H3,(H3,33,34)(H,35,36)/t18-,29+/m1/s1. The summed E-state index contributed by atoms with van der Waals surface area (Å²) in [4.78, 5) is 13.0. The summed E-state index contributed by atoms with van der Waals surface area (Å²) in [5.41, 5.74) is 13.2. The van der Waals surface area contributed by atoms with Crippen molar-refractivity contribution >= 4 is 11.7 Å². The molecule has 186 valence electrons. The molecule has 4 aromatic rings. The van der Waals surface area contributed by atoms with Gasteiger partial charge in [-0.2, -0.15) is 0 Å². The number of nitrogens with two attached hydrogens (primary N) is 1. The SMILES string of the molecule is CO[C@@H]1c2ccc(C(=O)NCc3ccc(C(=N)N)cc3)cc2[C@H](C)c2cc(-c3ccccc3F)ccc21. The Kier molecular flexibility index (Phi) is 6.59. The van der Waals surface area contributed by atoms with Gasteiger partial charge in [-0.3, -0.25) is 10.2 Å². The van der Waals surface area contributed by atoms with E-state index < -0.39 is 0 Å². The second-order valence-corrected chi connectivity index (χ2v) is 9.30. The van der Waals surface area contributed by atoms with Crippen LogP contribution in [0.4, 0.5) is 4.39 Å². The number of nitrogen functional groups attached to an aromatic ring is 1. The zero-order valence-corrected chi connectivity index (χ0v) is 20.7. The summed E-state index contributed by atoms with van der Waals surface area (Å²) in [5, 5.41) is 10.5. The van der Waals surface area contributed by atoms with Crippen molar-refractivity contribution in [3.8, 4) is 11.1 Å². The van der Waals surface area contributed by atoms with Crippen molar-refractivity contribution in [3.05, 3.63) is 130 Å². The predicted octanol–water partition coefficient (Wildman–Crippen LogP) is 5.91. The lowest BCUT2D eigenvalue weighted by molar-refractivity contribution is 0.0950. The molecule has 6 heteroatoms. The highest BCUT2D eigenvalue weighted by Gasteiger charge is 2.31. The molecule has 0 aliphatic heterocycles. The normalized spacial score (nSPS) is 16.0. The second-order valence-electron chi connectivity index (χ2n) is 9.30. The highest BCUT2D eigenvalue weighted by molar-refractivity contribution is 5.95. The molecule has 37 heavy (non-hydrogen) atoms. The van der Waals surface area contributed by atoms with E-state index in [9.17, 15) is 9.18 Å². The third-order valence-corrected chi connectivity index (χ3v) is 7.07. The fourth-order valence-corrected chi connectivity index (χ4v) is 5.06. The van der Waals surface area contributed by atoms with Crippen molar-refractivity contribution in [1.29, 1.82) is 5.41 Å². The third kappa shape index (κ3) is 4.63. The predicted molar refractivity (Wildman–Crippen MR) is 143 cm³/mol. The summed E-state index contributed by atoms with van der Waals surface area (Å²) in [6.45, 7) is 2.46. The molecule has 0 saturated carbocycles. The first kappa shape index (κ1) is 24.4.